The summed E-state index contributed by atoms with van der Waals surface area (Å²) in [5.41, 5.74) is 1.34. The zero-order valence-corrected chi connectivity index (χ0v) is 15.8. The van der Waals surface area contributed by atoms with E-state index in [1.165, 1.54) is 0 Å². The van der Waals surface area contributed by atoms with Gasteiger partial charge in [0.2, 0.25) is 5.91 Å². The monoisotopic (exact) mass is 359 g/mol. The minimum atomic E-state index is -0.657. The first-order chi connectivity index (χ1) is 13.1. The van der Waals surface area contributed by atoms with Gasteiger partial charge in [0.1, 0.15) is 11.3 Å². The van der Waals surface area contributed by atoms with E-state index in [1.807, 2.05) is 87.0 Å². The molecule has 137 valence electrons. The molecule has 4 heteroatoms. The quantitative estimate of drug-likeness (QED) is 0.761. The second-order valence-electron chi connectivity index (χ2n) is 7.04. The first kappa shape index (κ1) is 18.1. The number of benzene rings is 2. The highest BCUT2D eigenvalue weighted by molar-refractivity contribution is 6.09. The van der Waals surface area contributed by atoms with Crippen molar-refractivity contribution in [2.45, 2.75) is 18.5 Å². The van der Waals surface area contributed by atoms with Crippen molar-refractivity contribution >= 4 is 11.6 Å². The molecule has 1 heterocycles. The lowest BCUT2D eigenvalue weighted by Gasteiger charge is -2.59. The largest absolute Gasteiger partial charge is 0.497 e. The van der Waals surface area contributed by atoms with Gasteiger partial charge in [0.05, 0.1) is 13.2 Å². The number of nitrogens with zero attached hydrogens (tertiary/aromatic N) is 2. The molecule has 27 heavy (non-hydrogen) atoms. The normalized spacial score (nSPS) is 25.7. The van der Waals surface area contributed by atoms with Gasteiger partial charge in [0.25, 0.3) is 0 Å². The molecule has 1 saturated carbocycles. The molecular weight excluding hydrogens is 336 g/mol. The molecule has 0 aromatic heterocycles. The number of ether oxygens (including phenoxy) is 1. The van der Waals surface area contributed by atoms with Gasteiger partial charge in [-0.3, -0.25) is 9.69 Å². The first-order valence-electron chi connectivity index (χ1n) is 9.05. The number of anilines is 1. The molecule has 2 fully saturated rings. The molecule has 2 atom stereocenters. The highest BCUT2D eigenvalue weighted by Gasteiger charge is 2.62. The van der Waals surface area contributed by atoms with Crippen molar-refractivity contribution in [1.82, 2.24) is 4.90 Å². The van der Waals surface area contributed by atoms with E-state index in [4.69, 9.17) is 4.74 Å². The van der Waals surface area contributed by atoms with Crippen molar-refractivity contribution in [3.05, 3.63) is 91.9 Å². The number of carbonyl (C=O) groups is 1. The summed E-state index contributed by atoms with van der Waals surface area (Å²) in [4.78, 5) is 17.4. The third-order valence-corrected chi connectivity index (χ3v) is 5.64. The minimum Gasteiger partial charge on any atom is -0.497 e. The maximum atomic E-state index is 13.4. The van der Waals surface area contributed by atoms with Crippen molar-refractivity contribution in [2.24, 2.45) is 0 Å². The summed E-state index contributed by atoms with van der Waals surface area (Å²) in [6.07, 6.45) is 8.07. The summed E-state index contributed by atoms with van der Waals surface area (Å²) in [7, 11) is 3.64. The minimum absolute atomic E-state index is 0.0838. The van der Waals surface area contributed by atoms with Gasteiger partial charge >= 0.3 is 0 Å². The van der Waals surface area contributed by atoms with Gasteiger partial charge < -0.3 is 9.64 Å². The van der Waals surface area contributed by atoms with Crippen LogP contribution < -0.4 is 9.64 Å². The molecule has 5 radical (unpaired) electrons. The van der Waals surface area contributed by atoms with Crippen LogP contribution in [0.4, 0.5) is 5.69 Å². The lowest BCUT2D eigenvalue weighted by Crippen LogP contribution is -2.74. The van der Waals surface area contributed by atoms with Crippen LogP contribution in [-0.4, -0.2) is 30.5 Å². The average Bonchev–Trinajstić information content (AvgIpc) is 3.26. The second kappa shape index (κ2) is 7.01. The number of β-lactam (4-membered cyclic amide) rings is 1. The van der Waals surface area contributed by atoms with Crippen molar-refractivity contribution in [3.8, 4) is 5.75 Å². The van der Waals surface area contributed by atoms with Crippen LogP contribution in [0.25, 0.3) is 0 Å². The molecule has 0 N–H and O–H groups in total. The standard InChI is InChI=1S/C23H23N2O2/c1-23(24(2)18-11-7-8-12-18)21(17-9-5-4-6-10-17)25(22(23)26)19-13-15-20(27-3)16-14-19/h4-16,21H,1-3H3/t21-,23+/m1/s1. The highest BCUT2D eigenvalue weighted by atomic mass is 16.5. The Bertz CT molecular complexity index is 799. The number of amides is 1. The molecule has 1 saturated heterocycles. The molecule has 0 bridgehead atoms. The molecule has 4 nitrogen and oxygen atoms in total. The topological polar surface area (TPSA) is 32.8 Å². The molecule has 2 aromatic carbocycles. The van der Waals surface area contributed by atoms with E-state index in [-0.39, 0.29) is 11.9 Å². The number of carbonyl (C=O) groups excluding carboxylic acids is 1. The lowest BCUT2D eigenvalue weighted by molar-refractivity contribution is -0.140. The van der Waals surface area contributed by atoms with Crippen LogP contribution in [-0.2, 0) is 4.79 Å². The molecule has 1 aliphatic carbocycles. The van der Waals surface area contributed by atoms with Crippen molar-refractivity contribution in [2.75, 3.05) is 19.1 Å². The number of hydrogen-bond donors (Lipinski definition) is 0. The third-order valence-electron chi connectivity index (χ3n) is 5.64. The fourth-order valence-corrected chi connectivity index (χ4v) is 3.96. The summed E-state index contributed by atoms with van der Waals surface area (Å²) in [5.74, 6) is 0.866. The van der Waals surface area contributed by atoms with Gasteiger partial charge in [-0.15, -0.1) is 0 Å². The molecule has 1 amide bonds. The van der Waals surface area contributed by atoms with E-state index in [0.29, 0.717) is 0 Å². The maximum Gasteiger partial charge on any atom is 0.250 e. The molecule has 0 unspecified atom stereocenters. The van der Waals surface area contributed by atoms with Gasteiger partial charge in [0.15, 0.2) is 0 Å². The van der Waals surface area contributed by atoms with E-state index in [0.717, 1.165) is 23.0 Å². The Hall–Kier alpha value is -2.33. The smallest absolute Gasteiger partial charge is 0.250 e. The van der Waals surface area contributed by atoms with Crippen LogP contribution in [0, 0.1) is 31.7 Å². The fourth-order valence-electron chi connectivity index (χ4n) is 3.96. The van der Waals surface area contributed by atoms with Crippen LogP contribution in [0.3, 0.4) is 0 Å². The van der Waals surface area contributed by atoms with Crippen LogP contribution in [0.15, 0.2) is 54.6 Å². The molecule has 1 aliphatic heterocycles. The number of methoxy groups -OCH3 is 1. The van der Waals surface area contributed by atoms with Gasteiger partial charge in [-0.2, -0.15) is 0 Å². The van der Waals surface area contributed by atoms with Gasteiger partial charge in [-0.25, -0.2) is 0 Å². The van der Waals surface area contributed by atoms with E-state index < -0.39 is 5.54 Å². The maximum absolute atomic E-state index is 13.4. The van der Waals surface area contributed by atoms with Crippen molar-refractivity contribution < 1.29 is 9.53 Å². The molecule has 0 spiro atoms. The Morgan fingerprint density at radius 3 is 2.22 bits per heavy atom. The molecule has 2 aliphatic rings. The predicted octanol–water partition coefficient (Wildman–Crippen LogP) is 3.84. The van der Waals surface area contributed by atoms with E-state index in [2.05, 4.69) is 17.0 Å². The summed E-state index contributed by atoms with van der Waals surface area (Å²) < 4.78 is 5.26. The predicted molar refractivity (Wildman–Crippen MR) is 106 cm³/mol. The zero-order chi connectivity index (χ0) is 19.0. The summed E-state index contributed by atoms with van der Waals surface area (Å²) in [6, 6.07) is 18.8. The summed E-state index contributed by atoms with van der Waals surface area (Å²) in [5, 5.41) is 0. The second-order valence-corrected chi connectivity index (χ2v) is 7.04. The first-order valence-corrected chi connectivity index (χ1v) is 9.05. The Morgan fingerprint density at radius 1 is 1.00 bits per heavy atom. The van der Waals surface area contributed by atoms with Crippen LogP contribution >= 0.6 is 0 Å². The number of hydrogen-bond acceptors (Lipinski definition) is 3. The molecule has 2 aromatic rings. The van der Waals surface area contributed by atoms with E-state index in [9.17, 15) is 4.79 Å². The van der Waals surface area contributed by atoms with Gasteiger partial charge in [0, 0.05) is 11.7 Å². The summed E-state index contributed by atoms with van der Waals surface area (Å²) >= 11 is 0. The Morgan fingerprint density at radius 2 is 1.63 bits per heavy atom. The van der Waals surface area contributed by atoms with Crippen molar-refractivity contribution in [3.63, 3.8) is 0 Å². The van der Waals surface area contributed by atoms with Crippen LogP contribution in [0.2, 0.25) is 0 Å². The summed E-state index contributed by atoms with van der Waals surface area (Å²) in [6.45, 7) is 2.03. The SMILES string of the molecule is COc1ccc(N2C(=O)[C@@](C)(N(C)[C]3[CH][CH][CH][CH]3)[C@H]2c2ccccc2)cc1. The fraction of sp³-hybridized carbons (Fsp3) is 0.217. The van der Waals surface area contributed by atoms with Crippen LogP contribution in [0.1, 0.15) is 18.5 Å². The van der Waals surface area contributed by atoms with Gasteiger partial charge in [-0.1, -0.05) is 30.3 Å². The lowest BCUT2D eigenvalue weighted by atomic mass is 9.74. The van der Waals surface area contributed by atoms with Crippen molar-refractivity contribution in [1.29, 1.82) is 0 Å². The van der Waals surface area contributed by atoms with Gasteiger partial charge in [-0.05, 0) is 69.5 Å². The Kier molecular flexibility index (Phi) is 4.68. The highest BCUT2D eigenvalue weighted by Crippen LogP contribution is 2.51. The number of rotatable bonds is 5. The molecule has 4 rings (SSSR count). The Balaban J connectivity index is 1.72. The third kappa shape index (κ3) is 2.83. The van der Waals surface area contributed by atoms with Crippen LogP contribution in [0.5, 0.6) is 5.75 Å². The molecular formula is C23H23N2O2. The Labute approximate surface area is 161 Å². The number of likely N-dealkylation sites (N-methyl/N-ethyl adjacent to an activating group) is 1. The van der Waals surface area contributed by atoms with E-state index in [1.54, 1.807) is 7.11 Å². The van der Waals surface area contributed by atoms with E-state index >= 15 is 0 Å². The zero-order valence-electron chi connectivity index (χ0n) is 15.8. The average molecular weight is 359 g/mol.